The predicted molar refractivity (Wildman–Crippen MR) is 154 cm³/mol. The van der Waals surface area contributed by atoms with Gasteiger partial charge in [0.05, 0.1) is 6.54 Å². The average molecular weight is 484 g/mol. The summed E-state index contributed by atoms with van der Waals surface area (Å²) in [5, 5.41) is 3.52. The Morgan fingerprint density at radius 3 is 2.11 bits per heavy atom. The molecule has 1 amide bonds. The van der Waals surface area contributed by atoms with Crippen LogP contribution in [0.15, 0.2) is 72.8 Å². The van der Waals surface area contributed by atoms with E-state index in [4.69, 9.17) is 0 Å². The molecule has 4 heteroatoms. The molecule has 3 aromatic rings. The van der Waals surface area contributed by atoms with Crippen LogP contribution in [0.4, 0.5) is 17.1 Å². The Labute approximate surface area is 217 Å². The lowest BCUT2D eigenvalue weighted by molar-refractivity contribution is -0.123. The molecule has 0 atom stereocenters. The van der Waals surface area contributed by atoms with Gasteiger partial charge in [-0.05, 0) is 65.8 Å². The zero-order valence-corrected chi connectivity index (χ0v) is 22.3. The van der Waals surface area contributed by atoms with Crippen LogP contribution >= 0.6 is 0 Å². The summed E-state index contributed by atoms with van der Waals surface area (Å²) in [6, 6.07) is 25.6. The molecule has 0 bridgehead atoms. The third-order valence-electron chi connectivity index (χ3n) is 7.10. The zero-order chi connectivity index (χ0) is 25.5. The maximum Gasteiger partial charge on any atom is 0.230 e. The van der Waals surface area contributed by atoms with Crippen molar-refractivity contribution in [1.82, 2.24) is 0 Å². The molecule has 0 spiro atoms. The second-order valence-electron chi connectivity index (χ2n) is 10.7. The second kappa shape index (κ2) is 12.1. The number of anilines is 3. The van der Waals surface area contributed by atoms with Crippen LogP contribution in [-0.2, 0) is 11.3 Å². The van der Waals surface area contributed by atoms with Crippen LogP contribution in [-0.4, -0.2) is 26.5 Å². The molecule has 1 aliphatic rings. The summed E-state index contributed by atoms with van der Waals surface area (Å²) in [7, 11) is 4.11. The fourth-order valence-electron chi connectivity index (χ4n) is 4.91. The first-order valence-electron chi connectivity index (χ1n) is 13.4. The maximum absolute atomic E-state index is 13.8. The summed E-state index contributed by atoms with van der Waals surface area (Å²) >= 11 is 0. The highest BCUT2D eigenvalue weighted by Crippen LogP contribution is 2.30. The van der Waals surface area contributed by atoms with E-state index in [9.17, 15) is 4.79 Å². The Morgan fingerprint density at radius 2 is 1.50 bits per heavy atom. The van der Waals surface area contributed by atoms with Gasteiger partial charge < -0.3 is 15.1 Å². The van der Waals surface area contributed by atoms with E-state index in [2.05, 4.69) is 111 Å². The molecular weight excluding hydrogens is 442 g/mol. The third-order valence-corrected chi connectivity index (χ3v) is 7.10. The monoisotopic (exact) mass is 483 g/mol. The van der Waals surface area contributed by atoms with Crippen LogP contribution in [0.1, 0.15) is 51.5 Å². The highest BCUT2D eigenvalue weighted by molar-refractivity contribution is 5.95. The van der Waals surface area contributed by atoms with Crippen molar-refractivity contribution in [2.24, 2.45) is 11.8 Å². The van der Waals surface area contributed by atoms with Crippen LogP contribution in [0.2, 0.25) is 0 Å². The molecule has 190 valence electrons. The maximum atomic E-state index is 13.8. The van der Waals surface area contributed by atoms with Gasteiger partial charge in [0.25, 0.3) is 0 Å². The summed E-state index contributed by atoms with van der Waals surface area (Å²) in [5.41, 5.74) is 6.77. The number of carbonyl (C=O) groups is 1. The molecule has 0 radical (unpaired) electrons. The molecule has 36 heavy (non-hydrogen) atoms. The van der Waals surface area contributed by atoms with Crippen molar-refractivity contribution in [1.29, 1.82) is 0 Å². The zero-order valence-electron chi connectivity index (χ0n) is 22.3. The van der Waals surface area contributed by atoms with Gasteiger partial charge in [-0.15, -0.1) is 0 Å². The van der Waals surface area contributed by atoms with Gasteiger partial charge in [-0.25, -0.2) is 0 Å². The molecule has 0 aromatic heterocycles. The van der Waals surface area contributed by atoms with Crippen LogP contribution in [0.25, 0.3) is 11.1 Å². The molecule has 3 aromatic carbocycles. The van der Waals surface area contributed by atoms with Crippen molar-refractivity contribution in [3.63, 3.8) is 0 Å². The van der Waals surface area contributed by atoms with Crippen molar-refractivity contribution in [2.75, 3.05) is 35.8 Å². The SMILES string of the molecule is CC(C)CNc1cccc(N(Cc2ccc(-c3ccc(N(C)C)cc3)cc2)C(=O)C2CCCCC2)c1. The van der Waals surface area contributed by atoms with Crippen LogP contribution in [0, 0.1) is 11.8 Å². The summed E-state index contributed by atoms with van der Waals surface area (Å²) < 4.78 is 0. The van der Waals surface area contributed by atoms with E-state index in [1.807, 2.05) is 4.90 Å². The van der Waals surface area contributed by atoms with E-state index in [1.165, 1.54) is 23.2 Å². The van der Waals surface area contributed by atoms with E-state index < -0.39 is 0 Å². The third kappa shape index (κ3) is 6.69. The fourth-order valence-corrected chi connectivity index (χ4v) is 4.91. The highest BCUT2D eigenvalue weighted by Gasteiger charge is 2.27. The van der Waals surface area contributed by atoms with E-state index in [1.54, 1.807) is 0 Å². The normalized spacial score (nSPS) is 14.0. The van der Waals surface area contributed by atoms with Crippen molar-refractivity contribution in [3.8, 4) is 11.1 Å². The van der Waals surface area contributed by atoms with E-state index >= 15 is 0 Å². The van der Waals surface area contributed by atoms with Gasteiger partial charge in [-0.1, -0.05) is 75.6 Å². The van der Waals surface area contributed by atoms with Gasteiger partial charge >= 0.3 is 0 Å². The standard InChI is InChI=1S/C32H41N3O/c1-24(2)22-33-29-11-8-12-31(21-29)35(32(36)28-9-6-5-7-10-28)23-25-13-15-26(16-14-25)27-17-19-30(20-18-27)34(3)4/h8,11-21,24,28,33H,5-7,9-10,22-23H2,1-4H3. The van der Waals surface area contributed by atoms with Crippen molar-refractivity contribution in [3.05, 3.63) is 78.4 Å². The van der Waals surface area contributed by atoms with Crippen LogP contribution in [0.5, 0.6) is 0 Å². The van der Waals surface area contributed by atoms with Gasteiger partial charge in [0, 0.05) is 43.6 Å². The number of hydrogen-bond donors (Lipinski definition) is 1. The molecule has 1 saturated carbocycles. The number of carbonyl (C=O) groups excluding carboxylic acids is 1. The first-order valence-corrected chi connectivity index (χ1v) is 13.4. The number of rotatable bonds is 9. The van der Waals surface area contributed by atoms with E-state index in [0.29, 0.717) is 12.5 Å². The number of hydrogen-bond acceptors (Lipinski definition) is 3. The number of benzene rings is 3. The van der Waals surface area contributed by atoms with E-state index in [0.717, 1.165) is 49.2 Å². The molecule has 1 N–H and O–H groups in total. The van der Waals surface area contributed by atoms with Gasteiger partial charge in [0.2, 0.25) is 5.91 Å². The lowest BCUT2D eigenvalue weighted by Gasteiger charge is -2.30. The van der Waals surface area contributed by atoms with Crippen molar-refractivity contribution >= 4 is 23.0 Å². The van der Waals surface area contributed by atoms with Crippen molar-refractivity contribution < 1.29 is 4.79 Å². The number of nitrogens with zero attached hydrogens (tertiary/aromatic N) is 2. The predicted octanol–water partition coefficient (Wildman–Crippen LogP) is 7.60. The minimum absolute atomic E-state index is 0.125. The summed E-state index contributed by atoms with van der Waals surface area (Å²) in [6.07, 6.45) is 5.56. The Morgan fingerprint density at radius 1 is 0.861 bits per heavy atom. The summed E-state index contributed by atoms with van der Waals surface area (Å²) in [5.74, 6) is 0.950. The Kier molecular flexibility index (Phi) is 8.69. The molecule has 1 aliphatic carbocycles. The van der Waals surface area contributed by atoms with Gasteiger partial charge in [0.15, 0.2) is 0 Å². The molecule has 0 unspecified atom stereocenters. The quantitative estimate of drug-likeness (QED) is 0.340. The van der Waals surface area contributed by atoms with Crippen molar-refractivity contribution in [2.45, 2.75) is 52.5 Å². The lowest BCUT2D eigenvalue weighted by Crippen LogP contribution is -2.36. The fraction of sp³-hybridized carbons (Fsp3) is 0.406. The van der Waals surface area contributed by atoms with Gasteiger partial charge in [-0.2, -0.15) is 0 Å². The number of amides is 1. The largest absolute Gasteiger partial charge is 0.385 e. The topological polar surface area (TPSA) is 35.6 Å². The average Bonchev–Trinajstić information content (AvgIpc) is 2.91. The Balaban J connectivity index is 1.56. The first kappa shape index (κ1) is 25.8. The second-order valence-corrected chi connectivity index (χ2v) is 10.7. The van der Waals surface area contributed by atoms with Gasteiger partial charge in [-0.3, -0.25) is 4.79 Å². The molecular formula is C32H41N3O. The molecule has 4 rings (SSSR count). The van der Waals surface area contributed by atoms with Gasteiger partial charge in [0.1, 0.15) is 0 Å². The molecule has 0 aliphatic heterocycles. The Hall–Kier alpha value is -3.27. The minimum Gasteiger partial charge on any atom is -0.385 e. The molecule has 0 saturated heterocycles. The first-order chi connectivity index (χ1) is 17.4. The smallest absolute Gasteiger partial charge is 0.230 e. The number of nitrogens with one attached hydrogen (secondary N) is 1. The molecule has 0 heterocycles. The van der Waals surface area contributed by atoms with Crippen LogP contribution < -0.4 is 15.1 Å². The summed E-state index contributed by atoms with van der Waals surface area (Å²) in [4.78, 5) is 17.9. The minimum atomic E-state index is 0.125. The lowest BCUT2D eigenvalue weighted by atomic mass is 9.88. The molecule has 4 nitrogen and oxygen atoms in total. The van der Waals surface area contributed by atoms with Crippen LogP contribution in [0.3, 0.4) is 0 Å². The Bertz CT molecular complexity index is 1110. The summed E-state index contributed by atoms with van der Waals surface area (Å²) in [6.45, 7) is 5.91. The highest BCUT2D eigenvalue weighted by atomic mass is 16.2. The molecule has 1 fully saturated rings. The van der Waals surface area contributed by atoms with E-state index in [-0.39, 0.29) is 11.8 Å².